The monoisotopic (exact) mass is 285 g/mol. The van der Waals surface area contributed by atoms with E-state index in [1.807, 2.05) is 6.07 Å². The Morgan fingerprint density at radius 1 is 1.62 bits per heavy atom. The molecule has 1 aliphatic rings. The van der Waals surface area contributed by atoms with Gasteiger partial charge in [0.05, 0.1) is 31.4 Å². The van der Waals surface area contributed by atoms with E-state index in [4.69, 9.17) is 15.1 Å². The Morgan fingerprint density at radius 2 is 2.48 bits per heavy atom. The summed E-state index contributed by atoms with van der Waals surface area (Å²) in [4.78, 5) is 18.2. The molecule has 1 atom stereocenters. The molecule has 1 aromatic rings. The van der Waals surface area contributed by atoms with E-state index in [1.54, 1.807) is 17.0 Å². The van der Waals surface area contributed by atoms with Crippen molar-refractivity contribution in [3.05, 3.63) is 29.6 Å². The molecule has 0 saturated carbocycles. The van der Waals surface area contributed by atoms with E-state index in [1.165, 1.54) is 6.20 Å². The van der Waals surface area contributed by atoms with Crippen LogP contribution in [0.1, 0.15) is 22.5 Å². The van der Waals surface area contributed by atoms with Crippen molar-refractivity contribution in [1.29, 1.82) is 5.26 Å². The van der Waals surface area contributed by atoms with E-state index >= 15 is 0 Å². The van der Waals surface area contributed by atoms with Crippen LogP contribution in [0.15, 0.2) is 18.3 Å². The lowest BCUT2D eigenvalue weighted by atomic mass is 10.1. The number of pyridine rings is 1. The van der Waals surface area contributed by atoms with Crippen molar-refractivity contribution < 1.29 is 14.6 Å². The van der Waals surface area contributed by atoms with Gasteiger partial charge in [-0.2, -0.15) is 5.26 Å². The quantitative estimate of drug-likeness (QED) is 0.783. The van der Waals surface area contributed by atoms with Crippen molar-refractivity contribution in [1.82, 2.24) is 9.88 Å². The molecule has 6 nitrogen and oxygen atoms in total. The summed E-state index contributed by atoms with van der Waals surface area (Å²) in [6.45, 7) is 0.971. The molecule has 1 unspecified atom stereocenters. The third-order valence-electron chi connectivity index (χ3n) is 2.97. The standard InChI is InChI=1S/C15H15N3O3/c16-10-13-11-18(7-9-21-13)15(20)14-12(4-1-2-8-19)5-3-6-17-14/h3,5-6,13,19H,2,7-9,11H2. The Kier molecular flexibility index (Phi) is 5.28. The second-order valence-electron chi connectivity index (χ2n) is 4.41. The van der Waals surface area contributed by atoms with Gasteiger partial charge in [0.1, 0.15) is 5.69 Å². The average molecular weight is 285 g/mol. The van der Waals surface area contributed by atoms with Crippen LogP contribution < -0.4 is 0 Å². The molecule has 108 valence electrons. The summed E-state index contributed by atoms with van der Waals surface area (Å²) in [6.07, 6.45) is 1.28. The minimum absolute atomic E-state index is 0.0240. The number of hydrogen-bond donors (Lipinski definition) is 1. The minimum Gasteiger partial charge on any atom is -0.395 e. The van der Waals surface area contributed by atoms with Crippen LogP contribution in [0.4, 0.5) is 0 Å². The number of ether oxygens (including phenoxy) is 1. The topological polar surface area (TPSA) is 86.5 Å². The maximum atomic E-state index is 12.5. The maximum absolute atomic E-state index is 12.5. The van der Waals surface area contributed by atoms with Gasteiger partial charge in [0.25, 0.3) is 5.91 Å². The highest BCUT2D eigenvalue weighted by molar-refractivity contribution is 5.94. The summed E-state index contributed by atoms with van der Waals surface area (Å²) in [5, 5.41) is 17.6. The molecule has 21 heavy (non-hydrogen) atoms. The predicted octanol–water partition coefficient (Wildman–Crippen LogP) is 0.180. The lowest BCUT2D eigenvalue weighted by Crippen LogP contribution is -2.45. The second-order valence-corrected chi connectivity index (χ2v) is 4.41. The van der Waals surface area contributed by atoms with Crippen molar-refractivity contribution in [2.45, 2.75) is 12.5 Å². The third-order valence-corrected chi connectivity index (χ3v) is 2.97. The van der Waals surface area contributed by atoms with Crippen LogP contribution in [-0.4, -0.2) is 53.3 Å². The van der Waals surface area contributed by atoms with Gasteiger partial charge in [0.15, 0.2) is 6.10 Å². The van der Waals surface area contributed by atoms with Gasteiger partial charge in [0, 0.05) is 19.2 Å². The molecular weight excluding hydrogens is 270 g/mol. The molecule has 0 aliphatic carbocycles. The average Bonchev–Trinajstić information content (AvgIpc) is 2.55. The van der Waals surface area contributed by atoms with E-state index in [9.17, 15) is 4.79 Å². The molecular formula is C15H15N3O3. The Labute approximate surface area is 123 Å². The number of nitrogens with zero attached hydrogens (tertiary/aromatic N) is 3. The van der Waals surface area contributed by atoms with E-state index < -0.39 is 6.10 Å². The van der Waals surface area contributed by atoms with Crippen LogP contribution in [0.3, 0.4) is 0 Å². The van der Waals surface area contributed by atoms with Gasteiger partial charge < -0.3 is 14.7 Å². The zero-order chi connectivity index (χ0) is 15.1. The fourth-order valence-corrected chi connectivity index (χ4v) is 1.95. The van der Waals surface area contributed by atoms with E-state index in [2.05, 4.69) is 16.8 Å². The summed E-state index contributed by atoms with van der Waals surface area (Å²) in [5.41, 5.74) is 0.789. The first-order valence-corrected chi connectivity index (χ1v) is 6.61. The number of rotatable bonds is 2. The Bertz CT molecular complexity index is 613. The molecule has 1 aromatic heterocycles. The number of aliphatic hydroxyl groups excluding tert-OH is 1. The summed E-state index contributed by atoms with van der Waals surface area (Å²) in [7, 11) is 0. The molecule has 1 saturated heterocycles. The maximum Gasteiger partial charge on any atom is 0.273 e. The summed E-state index contributed by atoms with van der Waals surface area (Å²) < 4.78 is 5.22. The van der Waals surface area contributed by atoms with Crippen LogP contribution in [0.25, 0.3) is 0 Å². The second kappa shape index (κ2) is 7.39. The number of aromatic nitrogens is 1. The molecule has 1 aliphatic heterocycles. The number of carbonyl (C=O) groups is 1. The van der Waals surface area contributed by atoms with Crippen LogP contribution in [-0.2, 0) is 4.74 Å². The Hall–Kier alpha value is -2.41. The van der Waals surface area contributed by atoms with Crippen molar-refractivity contribution in [3.63, 3.8) is 0 Å². The van der Waals surface area contributed by atoms with Crippen molar-refractivity contribution in [2.75, 3.05) is 26.3 Å². The zero-order valence-electron chi connectivity index (χ0n) is 11.5. The highest BCUT2D eigenvalue weighted by Gasteiger charge is 2.26. The smallest absolute Gasteiger partial charge is 0.273 e. The van der Waals surface area contributed by atoms with Crippen molar-refractivity contribution in [3.8, 4) is 17.9 Å². The fraction of sp³-hybridized carbons (Fsp3) is 0.400. The zero-order valence-corrected chi connectivity index (χ0v) is 11.5. The van der Waals surface area contributed by atoms with Crippen LogP contribution in [0, 0.1) is 23.2 Å². The van der Waals surface area contributed by atoms with Crippen molar-refractivity contribution >= 4 is 5.91 Å². The van der Waals surface area contributed by atoms with Gasteiger partial charge in [-0.3, -0.25) is 4.79 Å². The van der Waals surface area contributed by atoms with Gasteiger partial charge in [-0.05, 0) is 12.1 Å². The van der Waals surface area contributed by atoms with E-state index in [0.29, 0.717) is 25.1 Å². The Balaban J connectivity index is 2.20. The number of carbonyl (C=O) groups excluding carboxylic acids is 1. The molecule has 1 fully saturated rings. The fourth-order valence-electron chi connectivity index (χ4n) is 1.95. The minimum atomic E-state index is -0.602. The molecule has 0 spiro atoms. The largest absolute Gasteiger partial charge is 0.395 e. The van der Waals surface area contributed by atoms with Crippen LogP contribution >= 0.6 is 0 Å². The lowest BCUT2D eigenvalue weighted by molar-refractivity contribution is 0.00318. The molecule has 2 rings (SSSR count). The van der Waals surface area contributed by atoms with Gasteiger partial charge in [-0.25, -0.2) is 4.98 Å². The van der Waals surface area contributed by atoms with Gasteiger partial charge in [0.2, 0.25) is 0 Å². The molecule has 2 heterocycles. The number of morpholine rings is 1. The first kappa shape index (κ1) is 15.0. The first-order chi connectivity index (χ1) is 10.3. The number of hydrogen-bond acceptors (Lipinski definition) is 5. The lowest BCUT2D eigenvalue weighted by Gasteiger charge is -2.29. The predicted molar refractivity (Wildman–Crippen MR) is 74.1 cm³/mol. The number of nitriles is 1. The number of aliphatic hydroxyl groups is 1. The highest BCUT2D eigenvalue weighted by atomic mass is 16.5. The van der Waals surface area contributed by atoms with Crippen LogP contribution in [0.2, 0.25) is 0 Å². The summed E-state index contributed by atoms with van der Waals surface area (Å²) in [5.74, 6) is 5.37. The SMILES string of the molecule is N#CC1CN(C(=O)c2ncccc2C#CCCO)CCO1. The van der Waals surface area contributed by atoms with E-state index in [0.717, 1.165) is 0 Å². The normalized spacial score (nSPS) is 17.5. The summed E-state index contributed by atoms with van der Waals surface area (Å²) in [6, 6.07) is 5.43. The first-order valence-electron chi connectivity index (χ1n) is 6.61. The van der Waals surface area contributed by atoms with Gasteiger partial charge >= 0.3 is 0 Å². The molecule has 6 heteroatoms. The van der Waals surface area contributed by atoms with E-state index in [-0.39, 0.29) is 24.8 Å². The molecule has 1 amide bonds. The van der Waals surface area contributed by atoms with Gasteiger partial charge in [-0.1, -0.05) is 11.8 Å². The summed E-state index contributed by atoms with van der Waals surface area (Å²) >= 11 is 0. The highest BCUT2D eigenvalue weighted by Crippen LogP contribution is 2.12. The molecule has 1 N–H and O–H groups in total. The molecule has 0 bridgehead atoms. The third kappa shape index (κ3) is 3.79. The molecule has 0 radical (unpaired) electrons. The van der Waals surface area contributed by atoms with Crippen molar-refractivity contribution in [2.24, 2.45) is 0 Å². The number of amides is 1. The van der Waals surface area contributed by atoms with Crippen LogP contribution in [0.5, 0.6) is 0 Å². The Morgan fingerprint density at radius 3 is 3.24 bits per heavy atom. The van der Waals surface area contributed by atoms with Gasteiger partial charge in [-0.15, -0.1) is 0 Å². The molecule has 0 aromatic carbocycles.